The van der Waals surface area contributed by atoms with E-state index in [1.165, 1.54) is 5.56 Å². The van der Waals surface area contributed by atoms with Gasteiger partial charge in [-0.25, -0.2) is 4.79 Å². The van der Waals surface area contributed by atoms with Crippen LogP contribution in [0, 0.1) is 0 Å². The summed E-state index contributed by atoms with van der Waals surface area (Å²) < 4.78 is 11.0. The van der Waals surface area contributed by atoms with Crippen LogP contribution in [0.5, 0.6) is 0 Å². The van der Waals surface area contributed by atoms with E-state index in [2.05, 4.69) is 0 Å². The van der Waals surface area contributed by atoms with Crippen LogP contribution in [0.4, 0.5) is 4.79 Å². The Morgan fingerprint density at radius 3 is 2.61 bits per heavy atom. The molecule has 1 unspecified atom stereocenters. The number of rotatable bonds is 5. The van der Waals surface area contributed by atoms with E-state index in [1.807, 2.05) is 30.3 Å². The monoisotopic (exact) mass is 318 g/mol. The molecule has 2 aliphatic heterocycles. The van der Waals surface area contributed by atoms with Crippen molar-refractivity contribution in [1.29, 1.82) is 0 Å². The Balaban J connectivity index is 1.42. The van der Waals surface area contributed by atoms with Crippen molar-refractivity contribution < 1.29 is 19.1 Å². The largest absolute Gasteiger partial charge is 0.437 e. The number of carbonyl (C=O) groups is 2. The fraction of sp³-hybridized carbons (Fsp3) is 0.529. The molecule has 0 saturated carbocycles. The van der Waals surface area contributed by atoms with Crippen LogP contribution in [0.3, 0.4) is 0 Å². The zero-order valence-corrected chi connectivity index (χ0v) is 13.5. The van der Waals surface area contributed by atoms with Gasteiger partial charge in [-0.1, -0.05) is 30.3 Å². The Morgan fingerprint density at radius 2 is 2.00 bits per heavy atom. The number of ether oxygens (including phenoxy) is 2. The lowest BCUT2D eigenvalue weighted by atomic mass is 9.93. The van der Waals surface area contributed by atoms with Crippen LogP contribution in [0.2, 0.25) is 0 Å². The summed E-state index contributed by atoms with van der Waals surface area (Å²) in [4.78, 5) is 27.0. The van der Waals surface area contributed by atoms with Crippen molar-refractivity contribution in [2.45, 2.75) is 25.0 Å². The maximum absolute atomic E-state index is 12.3. The number of hydrogen-bond acceptors (Lipinski definition) is 4. The van der Waals surface area contributed by atoms with Gasteiger partial charge < -0.3 is 19.3 Å². The van der Waals surface area contributed by atoms with Crippen molar-refractivity contribution in [3.63, 3.8) is 0 Å². The number of benzene rings is 1. The van der Waals surface area contributed by atoms with Gasteiger partial charge in [-0.15, -0.1) is 0 Å². The summed E-state index contributed by atoms with van der Waals surface area (Å²) >= 11 is 0. The third kappa shape index (κ3) is 3.32. The van der Waals surface area contributed by atoms with Crippen molar-refractivity contribution >= 4 is 12.0 Å². The molecule has 1 atom stereocenters. The highest BCUT2D eigenvalue weighted by Crippen LogP contribution is 2.32. The molecule has 1 aromatic rings. The molecule has 2 heterocycles. The zero-order valence-electron chi connectivity index (χ0n) is 13.5. The first kappa shape index (κ1) is 15.8. The highest BCUT2D eigenvalue weighted by atomic mass is 16.6. The predicted octanol–water partition coefficient (Wildman–Crippen LogP) is 1.30. The van der Waals surface area contributed by atoms with E-state index in [9.17, 15) is 9.59 Å². The molecule has 1 aromatic carbocycles. The maximum Gasteiger partial charge on any atom is 0.410 e. The predicted molar refractivity (Wildman–Crippen MR) is 84.0 cm³/mol. The lowest BCUT2D eigenvalue weighted by Crippen LogP contribution is -2.66. The number of amides is 2. The normalized spacial score (nSPS) is 20.3. The summed E-state index contributed by atoms with van der Waals surface area (Å²) in [7, 11) is 1.71. The molecule has 3 rings (SSSR count). The average Bonchev–Trinajstić information content (AvgIpc) is 2.81. The van der Waals surface area contributed by atoms with E-state index < -0.39 is 11.7 Å². The molecule has 2 saturated heterocycles. The van der Waals surface area contributed by atoms with Gasteiger partial charge in [-0.05, 0) is 18.9 Å². The summed E-state index contributed by atoms with van der Waals surface area (Å²) in [5.41, 5.74) is 0.682. The molecule has 0 radical (unpaired) electrons. The number of nitrogens with zero attached hydrogens (tertiary/aromatic N) is 2. The minimum absolute atomic E-state index is 0.0470. The first-order valence-electron chi connectivity index (χ1n) is 7.87. The molecule has 0 aliphatic carbocycles. The van der Waals surface area contributed by atoms with Crippen LogP contribution in [0.15, 0.2) is 30.3 Å². The number of likely N-dealkylation sites (tertiary alicyclic amines) is 1. The zero-order chi connectivity index (χ0) is 16.4. The second kappa shape index (κ2) is 6.20. The molecule has 1 spiro atoms. The summed E-state index contributed by atoms with van der Waals surface area (Å²) in [5, 5.41) is 0. The van der Waals surface area contributed by atoms with Crippen LogP contribution in [-0.4, -0.2) is 66.8 Å². The number of carbonyl (C=O) groups excluding carboxylic acids is 2. The van der Waals surface area contributed by atoms with Gasteiger partial charge in [0.05, 0.1) is 26.2 Å². The van der Waals surface area contributed by atoms with Gasteiger partial charge in [-0.3, -0.25) is 4.79 Å². The van der Waals surface area contributed by atoms with Gasteiger partial charge in [0.2, 0.25) is 0 Å². The Morgan fingerprint density at radius 1 is 1.30 bits per heavy atom. The van der Waals surface area contributed by atoms with Crippen LogP contribution in [-0.2, 0) is 20.7 Å². The summed E-state index contributed by atoms with van der Waals surface area (Å²) in [5.74, 6) is -0.0470. The minimum atomic E-state index is -0.509. The smallest absolute Gasteiger partial charge is 0.410 e. The minimum Gasteiger partial charge on any atom is -0.437 e. The fourth-order valence-corrected chi connectivity index (χ4v) is 3.09. The molecule has 6 nitrogen and oxygen atoms in total. The third-order valence-electron chi connectivity index (χ3n) is 4.36. The fourth-order valence-electron chi connectivity index (χ4n) is 3.09. The molecule has 2 amide bonds. The Bertz CT molecular complexity index is 584. The van der Waals surface area contributed by atoms with Gasteiger partial charge >= 0.3 is 6.09 Å². The van der Waals surface area contributed by atoms with E-state index in [0.29, 0.717) is 26.2 Å². The molecule has 0 aromatic heterocycles. The average molecular weight is 318 g/mol. The lowest BCUT2D eigenvalue weighted by molar-refractivity contribution is -0.161. The van der Waals surface area contributed by atoms with Gasteiger partial charge in [0.15, 0.2) is 5.60 Å². The van der Waals surface area contributed by atoms with E-state index in [-0.39, 0.29) is 12.0 Å². The standard InChI is InChI=1S/C17H22N2O4/c1-13(22-9-8-14-6-4-3-5-7-14)15(20)19-11-17(12-19)10-18(2)16(21)23-17/h3-7,13H,8-12H2,1-2H3. The first-order valence-corrected chi connectivity index (χ1v) is 7.87. The van der Waals surface area contributed by atoms with E-state index >= 15 is 0 Å². The molecular weight excluding hydrogens is 296 g/mol. The van der Waals surface area contributed by atoms with Crippen molar-refractivity contribution in [2.24, 2.45) is 0 Å². The van der Waals surface area contributed by atoms with Gasteiger partial charge in [0, 0.05) is 7.05 Å². The summed E-state index contributed by atoms with van der Waals surface area (Å²) in [6, 6.07) is 10.0. The van der Waals surface area contributed by atoms with Crippen LogP contribution in [0.1, 0.15) is 12.5 Å². The van der Waals surface area contributed by atoms with Crippen molar-refractivity contribution in [3.8, 4) is 0 Å². The third-order valence-corrected chi connectivity index (χ3v) is 4.36. The van der Waals surface area contributed by atoms with Crippen LogP contribution in [0.25, 0.3) is 0 Å². The molecule has 0 bridgehead atoms. The van der Waals surface area contributed by atoms with E-state index in [1.54, 1.807) is 23.8 Å². The second-order valence-corrected chi connectivity index (χ2v) is 6.35. The number of hydrogen-bond donors (Lipinski definition) is 0. The topological polar surface area (TPSA) is 59.1 Å². The van der Waals surface area contributed by atoms with Crippen LogP contribution >= 0.6 is 0 Å². The van der Waals surface area contributed by atoms with Gasteiger partial charge in [0.25, 0.3) is 5.91 Å². The molecule has 2 fully saturated rings. The molecule has 2 aliphatic rings. The molecule has 23 heavy (non-hydrogen) atoms. The van der Waals surface area contributed by atoms with Crippen molar-refractivity contribution in [2.75, 3.05) is 33.3 Å². The van der Waals surface area contributed by atoms with Gasteiger partial charge in [0.1, 0.15) is 6.10 Å². The van der Waals surface area contributed by atoms with E-state index in [0.717, 1.165) is 6.42 Å². The maximum atomic E-state index is 12.3. The first-order chi connectivity index (χ1) is 11.0. The van der Waals surface area contributed by atoms with E-state index in [4.69, 9.17) is 9.47 Å². The quantitative estimate of drug-likeness (QED) is 0.821. The second-order valence-electron chi connectivity index (χ2n) is 6.35. The Labute approximate surface area is 136 Å². The van der Waals surface area contributed by atoms with Crippen molar-refractivity contribution in [3.05, 3.63) is 35.9 Å². The van der Waals surface area contributed by atoms with Crippen molar-refractivity contribution in [1.82, 2.24) is 9.80 Å². The van der Waals surface area contributed by atoms with Gasteiger partial charge in [-0.2, -0.15) is 0 Å². The Kier molecular flexibility index (Phi) is 4.26. The number of likely N-dealkylation sites (N-methyl/N-ethyl adjacent to an activating group) is 1. The molecule has 0 N–H and O–H groups in total. The lowest BCUT2D eigenvalue weighted by Gasteiger charge is -2.46. The highest BCUT2D eigenvalue weighted by Gasteiger charge is 2.54. The Hall–Kier alpha value is -2.08. The summed E-state index contributed by atoms with van der Waals surface area (Å²) in [6.45, 7) is 3.72. The molecule has 6 heteroatoms. The van der Waals surface area contributed by atoms with Crippen LogP contribution < -0.4 is 0 Å². The SMILES string of the molecule is CC(OCCc1ccccc1)C(=O)N1CC2(CN(C)C(=O)O2)C1. The highest BCUT2D eigenvalue weighted by molar-refractivity contribution is 5.82. The molecule has 124 valence electrons. The summed E-state index contributed by atoms with van der Waals surface area (Å²) in [6.07, 6.45) is -0.0136. The molecular formula is C17H22N2O4.